The summed E-state index contributed by atoms with van der Waals surface area (Å²) in [4.78, 5) is 11.4. The van der Waals surface area contributed by atoms with Crippen LogP contribution in [-0.4, -0.2) is 29.8 Å². The molecule has 0 aliphatic heterocycles. The Balaban J connectivity index is 2.30. The van der Waals surface area contributed by atoms with E-state index >= 15 is 0 Å². The highest BCUT2D eigenvalue weighted by molar-refractivity contribution is 5.73. The highest BCUT2D eigenvalue weighted by Gasteiger charge is 2.36. The molecule has 3 atom stereocenters. The van der Waals surface area contributed by atoms with Crippen molar-refractivity contribution in [3.8, 4) is 0 Å². The average molecular weight is 201 g/mol. The molecule has 0 saturated heterocycles. The third kappa shape index (κ3) is 2.96. The van der Waals surface area contributed by atoms with E-state index in [-0.39, 0.29) is 12.0 Å². The zero-order valence-corrected chi connectivity index (χ0v) is 8.61. The topological polar surface area (TPSA) is 72.5 Å². The van der Waals surface area contributed by atoms with Gasteiger partial charge in [0.05, 0.1) is 18.6 Å². The van der Waals surface area contributed by atoms with Crippen LogP contribution in [0, 0.1) is 5.92 Å². The Kier molecular flexibility index (Phi) is 4.35. The smallest absolute Gasteiger partial charge is 0.311 e. The van der Waals surface area contributed by atoms with E-state index in [4.69, 9.17) is 10.5 Å². The normalized spacial score (nSPS) is 31.8. The Bertz CT molecular complexity index is 196. The molecule has 0 aromatic heterocycles. The van der Waals surface area contributed by atoms with E-state index in [1.54, 1.807) is 0 Å². The molecule has 0 radical (unpaired) electrons. The van der Waals surface area contributed by atoms with Gasteiger partial charge in [0.15, 0.2) is 0 Å². The fourth-order valence-electron chi connectivity index (χ4n) is 1.73. The molecule has 4 nitrogen and oxygen atoms in total. The number of carbonyl (C=O) groups is 1. The minimum atomic E-state index is -0.612. The number of aliphatic hydroxyl groups excluding tert-OH is 1. The van der Waals surface area contributed by atoms with Gasteiger partial charge in [-0.15, -0.1) is 0 Å². The maximum Gasteiger partial charge on any atom is 0.311 e. The molecule has 3 unspecified atom stereocenters. The molecule has 1 aliphatic carbocycles. The van der Waals surface area contributed by atoms with Crippen molar-refractivity contribution in [3.05, 3.63) is 0 Å². The predicted molar refractivity (Wildman–Crippen MR) is 52.6 cm³/mol. The van der Waals surface area contributed by atoms with E-state index in [2.05, 4.69) is 0 Å². The highest BCUT2D eigenvalue weighted by atomic mass is 16.5. The van der Waals surface area contributed by atoms with Gasteiger partial charge in [0.1, 0.15) is 0 Å². The lowest BCUT2D eigenvalue weighted by Gasteiger charge is -2.12. The first kappa shape index (κ1) is 11.5. The summed E-state index contributed by atoms with van der Waals surface area (Å²) in [5.41, 5.74) is 5.64. The van der Waals surface area contributed by atoms with Gasteiger partial charge in [0.2, 0.25) is 0 Å². The number of carbonyl (C=O) groups excluding carboxylic acids is 1. The summed E-state index contributed by atoms with van der Waals surface area (Å²) in [6.45, 7) is 2.49. The summed E-state index contributed by atoms with van der Waals surface area (Å²) in [7, 11) is 0. The van der Waals surface area contributed by atoms with Gasteiger partial charge in [-0.25, -0.2) is 0 Å². The minimum Gasteiger partial charge on any atom is -0.465 e. The predicted octanol–water partition coefficient (Wildman–Crippen LogP) is 0.428. The summed E-state index contributed by atoms with van der Waals surface area (Å²) in [6, 6.07) is -0.0614. The highest BCUT2D eigenvalue weighted by Crippen LogP contribution is 2.25. The van der Waals surface area contributed by atoms with Crippen LogP contribution in [0.15, 0.2) is 0 Å². The molecule has 0 heterocycles. The molecular formula is C10H19NO3. The van der Waals surface area contributed by atoms with Gasteiger partial charge in [-0.05, 0) is 19.3 Å². The molecule has 0 aromatic rings. The number of esters is 1. The van der Waals surface area contributed by atoms with Crippen molar-refractivity contribution < 1.29 is 14.6 Å². The summed E-state index contributed by atoms with van der Waals surface area (Å²) in [5.74, 6) is -0.694. The second kappa shape index (κ2) is 5.32. The number of ether oxygens (including phenoxy) is 1. The van der Waals surface area contributed by atoms with Crippen LogP contribution in [0.25, 0.3) is 0 Å². The zero-order chi connectivity index (χ0) is 10.6. The van der Waals surface area contributed by atoms with Crippen molar-refractivity contribution in [1.82, 2.24) is 0 Å². The number of unbranched alkanes of at least 4 members (excludes halogenated alkanes) is 1. The molecule has 0 bridgehead atoms. The van der Waals surface area contributed by atoms with Crippen LogP contribution in [0.1, 0.15) is 32.6 Å². The molecule has 82 valence electrons. The number of hydrogen-bond donors (Lipinski definition) is 2. The standard InChI is InChI=1S/C10H19NO3/c1-2-3-4-14-10(13)8-5-7(11)6-9(8)12/h7-9,12H,2-6,11H2,1H3. The van der Waals surface area contributed by atoms with Crippen molar-refractivity contribution in [2.24, 2.45) is 11.7 Å². The lowest BCUT2D eigenvalue weighted by Crippen LogP contribution is -2.25. The van der Waals surface area contributed by atoms with Crippen molar-refractivity contribution in [2.45, 2.75) is 44.8 Å². The number of nitrogens with two attached hydrogens (primary N) is 1. The van der Waals surface area contributed by atoms with Crippen LogP contribution < -0.4 is 5.73 Å². The second-order valence-electron chi connectivity index (χ2n) is 3.93. The number of hydrogen-bond acceptors (Lipinski definition) is 4. The van der Waals surface area contributed by atoms with E-state index < -0.39 is 12.0 Å². The first-order chi connectivity index (χ1) is 6.65. The third-order valence-electron chi connectivity index (χ3n) is 2.61. The molecule has 0 amide bonds. The zero-order valence-electron chi connectivity index (χ0n) is 8.61. The van der Waals surface area contributed by atoms with Crippen molar-refractivity contribution >= 4 is 5.97 Å². The quantitative estimate of drug-likeness (QED) is 0.511. The van der Waals surface area contributed by atoms with Gasteiger partial charge in [-0.2, -0.15) is 0 Å². The molecule has 1 saturated carbocycles. The van der Waals surface area contributed by atoms with Gasteiger partial charge in [0, 0.05) is 6.04 Å². The molecular weight excluding hydrogens is 182 g/mol. The largest absolute Gasteiger partial charge is 0.465 e. The van der Waals surface area contributed by atoms with E-state index in [0.29, 0.717) is 19.4 Å². The Morgan fingerprint density at radius 3 is 2.79 bits per heavy atom. The number of aliphatic hydroxyl groups is 1. The van der Waals surface area contributed by atoms with Crippen LogP contribution >= 0.6 is 0 Å². The maximum atomic E-state index is 11.4. The molecule has 1 fully saturated rings. The summed E-state index contributed by atoms with van der Waals surface area (Å²) in [5, 5.41) is 9.51. The fourth-order valence-corrected chi connectivity index (χ4v) is 1.73. The summed E-state index contributed by atoms with van der Waals surface area (Å²) < 4.78 is 5.03. The van der Waals surface area contributed by atoms with Gasteiger partial charge >= 0.3 is 5.97 Å². The van der Waals surface area contributed by atoms with Gasteiger partial charge < -0.3 is 15.6 Å². The van der Waals surface area contributed by atoms with Crippen molar-refractivity contribution in [3.63, 3.8) is 0 Å². The van der Waals surface area contributed by atoms with Crippen LogP contribution in [-0.2, 0) is 9.53 Å². The van der Waals surface area contributed by atoms with Crippen LogP contribution in [0.2, 0.25) is 0 Å². The first-order valence-electron chi connectivity index (χ1n) is 5.25. The summed E-state index contributed by atoms with van der Waals surface area (Å²) in [6.07, 6.45) is 2.32. The van der Waals surface area contributed by atoms with E-state index in [9.17, 15) is 9.90 Å². The van der Waals surface area contributed by atoms with E-state index in [1.165, 1.54) is 0 Å². The van der Waals surface area contributed by atoms with Crippen LogP contribution in [0.5, 0.6) is 0 Å². The van der Waals surface area contributed by atoms with Crippen molar-refractivity contribution in [1.29, 1.82) is 0 Å². The lowest BCUT2D eigenvalue weighted by molar-refractivity contribution is -0.151. The molecule has 0 spiro atoms. The molecule has 1 rings (SSSR count). The Hall–Kier alpha value is -0.610. The Morgan fingerprint density at radius 1 is 1.57 bits per heavy atom. The Labute approximate surface area is 84.4 Å². The lowest BCUT2D eigenvalue weighted by atomic mass is 10.1. The van der Waals surface area contributed by atoms with Gasteiger partial charge in [-0.1, -0.05) is 13.3 Å². The molecule has 14 heavy (non-hydrogen) atoms. The fraction of sp³-hybridized carbons (Fsp3) is 0.900. The summed E-state index contributed by atoms with van der Waals surface area (Å²) >= 11 is 0. The first-order valence-corrected chi connectivity index (χ1v) is 5.25. The molecule has 4 heteroatoms. The number of rotatable bonds is 4. The monoisotopic (exact) mass is 201 g/mol. The molecule has 1 aliphatic rings. The van der Waals surface area contributed by atoms with Crippen LogP contribution in [0.4, 0.5) is 0 Å². The SMILES string of the molecule is CCCCOC(=O)C1CC(N)CC1O. The average Bonchev–Trinajstić information content (AvgIpc) is 2.45. The van der Waals surface area contributed by atoms with Gasteiger partial charge in [-0.3, -0.25) is 4.79 Å². The molecule has 0 aromatic carbocycles. The second-order valence-corrected chi connectivity index (χ2v) is 3.93. The van der Waals surface area contributed by atoms with E-state index in [1.807, 2.05) is 6.92 Å². The Morgan fingerprint density at radius 2 is 2.29 bits per heavy atom. The maximum absolute atomic E-state index is 11.4. The van der Waals surface area contributed by atoms with Crippen molar-refractivity contribution in [2.75, 3.05) is 6.61 Å². The van der Waals surface area contributed by atoms with Gasteiger partial charge in [0.25, 0.3) is 0 Å². The van der Waals surface area contributed by atoms with Crippen LogP contribution in [0.3, 0.4) is 0 Å². The third-order valence-corrected chi connectivity index (χ3v) is 2.61. The van der Waals surface area contributed by atoms with E-state index in [0.717, 1.165) is 12.8 Å². The minimum absolute atomic E-state index is 0.0614. The molecule has 3 N–H and O–H groups in total.